The van der Waals surface area contributed by atoms with Gasteiger partial charge in [0.25, 0.3) is 10.2 Å². The molecule has 0 amide bonds. The molecule has 1 fully saturated rings. The van der Waals surface area contributed by atoms with E-state index in [1.165, 1.54) is 4.31 Å². The summed E-state index contributed by atoms with van der Waals surface area (Å²) in [6.45, 7) is 3.12. The van der Waals surface area contributed by atoms with Gasteiger partial charge in [-0.25, -0.2) is 0 Å². The van der Waals surface area contributed by atoms with Crippen LogP contribution in [0.2, 0.25) is 0 Å². The number of hydrogen-bond acceptors (Lipinski definition) is 3. The summed E-state index contributed by atoms with van der Waals surface area (Å²) >= 11 is 0. The highest BCUT2D eigenvalue weighted by Gasteiger charge is 2.30. The van der Waals surface area contributed by atoms with Crippen LogP contribution < -0.4 is 10.5 Å². The molecule has 3 N–H and O–H groups in total. The van der Waals surface area contributed by atoms with Gasteiger partial charge in [0.05, 0.1) is 0 Å². The van der Waals surface area contributed by atoms with Gasteiger partial charge in [-0.15, -0.1) is 0 Å². The van der Waals surface area contributed by atoms with E-state index < -0.39 is 10.2 Å². The van der Waals surface area contributed by atoms with Crippen LogP contribution in [-0.4, -0.2) is 38.9 Å². The fraction of sp³-hybridized carbons (Fsp3) is 1.00. The molecule has 1 saturated carbocycles. The van der Waals surface area contributed by atoms with Gasteiger partial charge in [0.1, 0.15) is 0 Å². The van der Waals surface area contributed by atoms with Gasteiger partial charge in [0.2, 0.25) is 0 Å². The predicted octanol–water partition coefficient (Wildman–Crippen LogP) is -0.100. The van der Waals surface area contributed by atoms with E-state index in [1.807, 2.05) is 0 Å². The zero-order valence-corrected chi connectivity index (χ0v) is 10.3. The Morgan fingerprint density at radius 3 is 2.53 bits per heavy atom. The van der Waals surface area contributed by atoms with E-state index in [4.69, 9.17) is 5.73 Å². The van der Waals surface area contributed by atoms with E-state index in [9.17, 15) is 8.42 Å². The highest BCUT2D eigenvalue weighted by atomic mass is 32.2. The van der Waals surface area contributed by atoms with Crippen LogP contribution in [0.3, 0.4) is 0 Å². The van der Waals surface area contributed by atoms with Gasteiger partial charge in [-0.1, -0.05) is 6.92 Å². The van der Waals surface area contributed by atoms with Crippen molar-refractivity contribution in [1.82, 2.24) is 9.03 Å². The summed E-state index contributed by atoms with van der Waals surface area (Å²) in [7, 11) is -1.70. The van der Waals surface area contributed by atoms with Crippen molar-refractivity contribution in [1.29, 1.82) is 0 Å². The Bertz CT molecular complexity index is 286. The highest BCUT2D eigenvalue weighted by Crippen LogP contribution is 2.26. The molecule has 1 aliphatic rings. The molecule has 6 heteroatoms. The molecular formula is C9H21N3O2S. The Kier molecular flexibility index (Phi) is 4.51. The number of nitrogens with two attached hydrogens (primary N) is 1. The first-order chi connectivity index (χ1) is 6.95. The summed E-state index contributed by atoms with van der Waals surface area (Å²) in [6, 6.07) is 0.130. The summed E-state index contributed by atoms with van der Waals surface area (Å²) in [5.74, 6) is 0.645. The molecular weight excluding hydrogens is 214 g/mol. The van der Waals surface area contributed by atoms with Crippen LogP contribution in [0.25, 0.3) is 0 Å². The average Bonchev–Trinajstić information content (AvgIpc) is 2.11. The van der Waals surface area contributed by atoms with Crippen molar-refractivity contribution in [2.45, 2.75) is 32.2 Å². The lowest BCUT2D eigenvalue weighted by Gasteiger charge is -2.34. The molecule has 1 aliphatic carbocycles. The van der Waals surface area contributed by atoms with Crippen LogP contribution in [-0.2, 0) is 10.2 Å². The van der Waals surface area contributed by atoms with Crippen molar-refractivity contribution in [3.05, 3.63) is 0 Å². The molecule has 0 aromatic carbocycles. The fourth-order valence-corrected chi connectivity index (χ4v) is 2.90. The van der Waals surface area contributed by atoms with Crippen molar-refractivity contribution in [3.8, 4) is 0 Å². The van der Waals surface area contributed by atoms with Gasteiger partial charge in [0, 0.05) is 19.6 Å². The van der Waals surface area contributed by atoms with Crippen LogP contribution in [0.1, 0.15) is 26.2 Å². The second-order valence-corrected chi connectivity index (χ2v) is 6.17. The molecule has 0 atom stereocenters. The van der Waals surface area contributed by atoms with Gasteiger partial charge in [-0.2, -0.15) is 17.4 Å². The Hall–Kier alpha value is -0.170. The van der Waals surface area contributed by atoms with Crippen molar-refractivity contribution in [3.63, 3.8) is 0 Å². The summed E-state index contributed by atoms with van der Waals surface area (Å²) < 4.78 is 27.5. The SMILES string of the molecule is CC1CC(NS(=O)(=O)N(C)CCCN)C1. The van der Waals surface area contributed by atoms with Crippen molar-refractivity contribution >= 4 is 10.2 Å². The Morgan fingerprint density at radius 1 is 1.47 bits per heavy atom. The number of nitrogens with zero attached hydrogens (tertiary/aromatic N) is 1. The van der Waals surface area contributed by atoms with Gasteiger partial charge in [-0.05, 0) is 31.7 Å². The monoisotopic (exact) mass is 235 g/mol. The third-order valence-electron chi connectivity index (χ3n) is 2.78. The van der Waals surface area contributed by atoms with Crippen molar-refractivity contribution < 1.29 is 8.42 Å². The number of hydrogen-bond donors (Lipinski definition) is 2. The first-order valence-electron chi connectivity index (χ1n) is 5.39. The molecule has 0 aromatic rings. The standard InChI is InChI=1S/C9H21N3O2S/c1-8-6-9(7-8)11-15(13,14)12(2)5-3-4-10/h8-9,11H,3-7,10H2,1-2H3. The van der Waals surface area contributed by atoms with Crippen LogP contribution >= 0.6 is 0 Å². The highest BCUT2D eigenvalue weighted by molar-refractivity contribution is 7.87. The average molecular weight is 235 g/mol. The largest absolute Gasteiger partial charge is 0.330 e. The third kappa shape index (κ3) is 3.71. The van der Waals surface area contributed by atoms with E-state index in [1.54, 1.807) is 7.05 Å². The molecule has 90 valence electrons. The number of rotatable bonds is 6. The molecule has 0 spiro atoms. The summed E-state index contributed by atoms with van der Waals surface area (Å²) in [4.78, 5) is 0. The maximum Gasteiger partial charge on any atom is 0.279 e. The topological polar surface area (TPSA) is 75.4 Å². The molecule has 0 aromatic heterocycles. The summed E-state index contributed by atoms with van der Waals surface area (Å²) in [5.41, 5.74) is 5.33. The molecule has 0 radical (unpaired) electrons. The lowest BCUT2D eigenvalue weighted by Crippen LogP contribution is -2.48. The maximum atomic E-state index is 11.7. The van der Waals surface area contributed by atoms with Crippen LogP contribution in [0.4, 0.5) is 0 Å². The lowest BCUT2D eigenvalue weighted by atomic mass is 9.83. The van der Waals surface area contributed by atoms with E-state index in [0.29, 0.717) is 25.4 Å². The van der Waals surface area contributed by atoms with Crippen molar-refractivity contribution in [2.24, 2.45) is 11.7 Å². The Morgan fingerprint density at radius 2 is 2.07 bits per heavy atom. The molecule has 5 nitrogen and oxygen atoms in total. The molecule has 15 heavy (non-hydrogen) atoms. The summed E-state index contributed by atoms with van der Waals surface area (Å²) in [6.07, 6.45) is 2.59. The molecule has 0 heterocycles. The second kappa shape index (κ2) is 5.25. The zero-order valence-electron chi connectivity index (χ0n) is 9.44. The van der Waals surface area contributed by atoms with Gasteiger partial charge >= 0.3 is 0 Å². The smallest absolute Gasteiger partial charge is 0.279 e. The lowest BCUT2D eigenvalue weighted by molar-refractivity contribution is 0.265. The summed E-state index contributed by atoms with van der Waals surface area (Å²) in [5, 5.41) is 0. The van der Waals surface area contributed by atoms with E-state index >= 15 is 0 Å². The zero-order chi connectivity index (χ0) is 11.5. The maximum absolute atomic E-state index is 11.7. The number of nitrogens with one attached hydrogen (secondary N) is 1. The van der Waals surface area contributed by atoms with Crippen LogP contribution in [0.5, 0.6) is 0 Å². The minimum atomic E-state index is -3.29. The van der Waals surface area contributed by atoms with Crippen LogP contribution in [0, 0.1) is 5.92 Å². The predicted molar refractivity (Wildman–Crippen MR) is 60.5 cm³/mol. The van der Waals surface area contributed by atoms with Gasteiger partial charge < -0.3 is 5.73 Å². The van der Waals surface area contributed by atoms with Gasteiger partial charge in [0.15, 0.2) is 0 Å². The molecule has 0 aliphatic heterocycles. The van der Waals surface area contributed by atoms with Crippen LogP contribution in [0.15, 0.2) is 0 Å². The first kappa shape index (κ1) is 12.9. The molecule has 0 unspecified atom stereocenters. The Balaban J connectivity index is 2.37. The van der Waals surface area contributed by atoms with E-state index in [0.717, 1.165) is 12.8 Å². The van der Waals surface area contributed by atoms with Crippen molar-refractivity contribution in [2.75, 3.05) is 20.1 Å². The molecule has 0 bridgehead atoms. The fourth-order valence-electron chi connectivity index (χ4n) is 1.73. The third-order valence-corrected chi connectivity index (χ3v) is 4.41. The second-order valence-electron chi connectivity index (χ2n) is 4.36. The Labute approximate surface area is 92.2 Å². The van der Waals surface area contributed by atoms with E-state index in [-0.39, 0.29) is 6.04 Å². The van der Waals surface area contributed by atoms with E-state index in [2.05, 4.69) is 11.6 Å². The quantitative estimate of drug-likeness (QED) is 0.675. The van der Waals surface area contributed by atoms with Gasteiger partial charge in [-0.3, -0.25) is 0 Å². The minimum Gasteiger partial charge on any atom is -0.330 e. The minimum absolute atomic E-state index is 0.130. The first-order valence-corrected chi connectivity index (χ1v) is 6.83. The molecule has 1 rings (SSSR count). The normalized spacial score (nSPS) is 26.7. The molecule has 0 saturated heterocycles.